The molecule has 2 aromatic rings. The highest BCUT2D eigenvalue weighted by Gasteiger charge is 2.32. The number of aryl methyl sites for hydroxylation is 1. The van der Waals surface area contributed by atoms with Gasteiger partial charge < -0.3 is 14.2 Å². The average molecular weight is 474 g/mol. The molecule has 3 atom stereocenters. The summed E-state index contributed by atoms with van der Waals surface area (Å²) in [5.41, 5.74) is 1.56. The minimum absolute atomic E-state index is 0.0767. The minimum Gasteiger partial charge on any atom is -0.493 e. The lowest BCUT2D eigenvalue weighted by molar-refractivity contribution is -0.155. The quantitative estimate of drug-likeness (QED) is 0.352. The van der Waals surface area contributed by atoms with E-state index in [2.05, 4.69) is 4.98 Å². The lowest BCUT2D eigenvalue weighted by Crippen LogP contribution is -2.30. The second-order valence-electron chi connectivity index (χ2n) is 8.69. The van der Waals surface area contributed by atoms with Gasteiger partial charge in [0, 0.05) is 31.5 Å². The standard InChI is InChI=1S/C26H32FNO6/c1-14(2)21(13-22(30)24-25(34-18(6)29)23(32-7)10-11-28-24)26(31)33-17(5)16(4)20-9-8-19(27)12-15(20)3/h8-12,14,16-17,21H,13H2,1-7H3/t16-,17-,21+/m1/s1. The van der Waals surface area contributed by atoms with Gasteiger partial charge in [-0.15, -0.1) is 0 Å². The van der Waals surface area contributed by atoms with Crippen LogP contribution in [-0.2, 0) is 14.3 Å². The number of hydrogen-bond donors (Lipinski definition) is 0. The first-order chi connectivity index (χ1) is 16.0. The zero-order valence-electron chi connectivity index (χ0n) is 20.7. The SMILES string of the molecule is COc1ccnc(C(=O)C[C@H](C(=O)O[C@H](C)[C@@H](C)c2ccc(F)cc2C)C(C)C)c1OC(C)=O. The van der Waals surface area contributed by atoms with E-state index in [1.54, 1.807) is 19.9 Å². The normalized spacial score (nSPS) is 13.7. The number of esters is 2. The number of hydrogen-bond acceptors (Lipinski definition) is 7. The fraction of sp³-hybridized carbons (Fsp3) is 0.462. The summed E-state index contributed by atoms with van der Waals surface area (Å²) in [6.45, 7) is 10.3. The van der Waals surface area contributed by atoms with Gasteiger partial charge in [0.15, 0.2) is 17.2 Å². The summed E-state index contributed by atoms with van der Waals surface area (Å²) in [7, 11) is 1.39. The number of ether oxygens (including phenoxy) is 3. The third-order valence-electron chi connectivity index (χ3n) is 5.84. The molecule has 0 radical (unpaired) electrons. The van der Waals surface area contributed by atoms with E-state index in [1.807, 2.05) is 20.8 Å². The first kappa shape index (κ1) is 27.0. The number of benzene rings is 1. The summed E-state index contributed by atoms with van der Waals surface area (Å²) in [6.07, 6.45) is 0.692. The molecule has 34 heavy (non-hydrogen) atoms. The molecule has 0 saturated carbocycles. The predicted molar refractivity (Wildman–Crippen MR) is 124 cm³/mol. The molecule has 0 N–H and O–H groups in total. The number of Topliss-reactive ketones (excluding diaryl/α,β-unsaturated/α-hetero) is 1. The van der Waals surface area contributed by atoms with Crippen LogP contribution in [0.5, 0.6) is 11.5 Å². The topological polar surface area (TPSA) is 91.8 Å². The van der Waals surface area contributed by atoms with Crippen LogP contribution in [0.4, 0.5) is 4.39 Å². The van der Waals surface area contributed by atoms with Crippen molar-refractivity contribution in [1.29, 1.82) is 0 Å². The third kappa shape index (κ3) is 6.62. The van der Waals surface area contributed by atoms with Crippen molar-refractivity contribution in [2.75, 3.05) is 7.11 Å². The fourth-order valence-corrected chi connectivity index (χ4v) is 3.70. The van der Waals surface area contributed by atoms with Crippen LogP contribution in [0, 0.1) is 24.6 Å². The first-order valence-corrected chi connectivity index (χ1v) is 11.2. The number of methoxy groups -OCH3 is 1. The van der Waals surface area contributed by atoms with Crippen LogP contribution < -0.4 is 9.47 Å². The summed E-state index contributed by atoms with van der Waals surface area (Å²) < 4.78 is 29.6. The lowest BCUT2D eigenvalue weighted by atomic mass is 9.89. The first-order valence-electron chi connectivity index (χ1n) is 11.2. The van der Waals surface area contributed by atoms with Crippen LogP contribution >= 0.6 is 0 Å². The molecule has 0 aliphatic heterocycles. The van der Waals surface area contributed by atoms with Crippen LogP contribution in [0.1, 0.15) is 68.6 Å². The zero-order valence-corrected chi connectivity index (χ0v) is 20.7. The Morgan fingerprint density at radius 3 is 2.32 bits per heavy atom. The van der Waals surface area contributed by atoms with Gasteiger partial charge in [-0.1, -0.05) is 26.8 Å². The van der Waals surface area contributed by atoms with E-state index in [0.717, 1.165) is 11.1 Å². The van der Waals surface area contributed by atoms with Crippen molar-refractivity contribution in [1.82, 2.24) is 4.98 Å². The third-order valence-corrected chi connectivity index (χ3v) is 5.84. The molecule has 0 bridgehead atoms. The van der Waals surface area contributed by atoms with Gasteiger partial charge in [-0.25, -0.2) is 9.37 Å². The Bertz CT molecular complexity index is 1050. The summed E-state index contributed by atoms with van der Waals surface area (Å²) in [5.74, 6) is -2.94. The Hall–Kier alpha value is -3.29. The second-order valence-corrected chi connectivity index (χ2v) is 8.69. The van der Waals surface area contributed by atoms with Crippen molar-refractivity contribution < 1.29 is 33.0 Å². The van der Waals surface area contributed by atoms with Crippen molar-refractivity contribution >= 4 is 17.7 Å². The van der Waals surface area contributed by atoms with Gasteiger partial charge in [-0.05, 0) is 43.0 Å². The molecule has 1 aromatic heterocycles. The van der Waals surface area contributed by atoms with E-state index in [0.29, 0.717) is 0 Å². The van der Waals surface area contributed by atoms with E-state index in [1.165, 1.54) is 38.4 Å². The van der Waals surface area contributed by atoms with Gasteiger partial charge in [0.05, 0.1) is 13.0 Å². The maximum Gasteiger partial charge on any atom is 0.309 e. The fourth-order valence-electron chi connectivity index (χ4n) is 3.70. The molecule has 0 aliphatic carbocycles. The second kappa shape index (κ2) is 11.7. The molecule has 0 saturated heterocycles. The molecule has 8 heteroatoms. The molecule has 0 amide bonds. The van der Waals surface area contributed by atoms with Gasteiger partial charge in [0.2, 0.25) is 5.75 Å². The molecule has 184 valence electrons. The number of carbonyl (C=O) groups is 3. The van der Waals surface area contributed by atoms with Crippen LogP contribution in [0.25, 0.3) is 0 Å². The Labute approximate surface area is 199 Å². The van der Waals surface area contributed by atoms with Gasteiger partial charge in [0.25, 0.3) is 0 Å². The maximum absolute atomic E-state index is 13.5. The lowest BCUT2D eigenvalue weighted by Gasteiger charge is -2.26. The van der Waals surface area contributed by atoms with Gasteiger partial charge in [0.1, 0.15) is 11.9 Å². The number of pyridine rings is 1. The van der Waals surface area contributed by atoms with Crippen LogP contribution in [-0.4, -0.2) is 35.9 Å². The number of rotatable bonds is 10. The minimum atomic E-state index is -0.741. The number of halogens is 1. The van der Waals surface area contributed by atoms with Gasteiger partial charge in [-0.3, -0.25) is 14.4 Å². The largest absolute Gasteiger partial charge is 0.493 e. The molecule has 0 unspecified atom stereocenters. The maximum atomic E-state index is 13.5. The summed E-state index contributed by atoms with van der Waals surface area (Å²) in [5, 5.41) is 0. The number of nitrogens with zero attached hydrogens (tertiary/aromatic N) is 1. The molecule has 7 nitrogen and oxygen atoms in total. The van der Waals surface area contributed by atoms with Crippen molar-refractivity contribution in [2.45, 2.75) is 60.0 Å². The molecule has 0 spiro atoms. The zero-order chi connectivity index (χ0) is 25.6. The molecule has 0 aliphatic rings. The van der Waals surface area contributed by atoms with Crippen LogP contribution in [0.15, 0.2) is 30.5 Å². The van der Waals surface area contributed by atoms with E-state index >= 15 is 0 Å². The van der Waals surface area contributed by atoms with Gasteiger partial charge >= 0.3 is 11.9 Å². The Balaban J connectivity index is 2.21. The van der Waals surface area contributed by atoms with Gasteiger partial charge in [-0.2, -0.15) is 0 Å². The van der Waals surface area contributed by atoms with Crippen molar-refractivity contribution in [3.05, 3.63) is 53.1 Å². The highest BCUT2D eigenvalue weighted by atomic mass is 19.1. The van der Waals surface area contributed by atoms with E-state index in [-0.39, 0.29) is 41.3 Å². The molecule has 1 heterocycles. The van der Waals surface area contributed by atoms with E-state index in [9.17, 15) is 18.8 Å². The summed E-state index contributed by atoms with van der Waals surface area (Å²) >= 11 is 0. The van der Waals surface area contributed by atoms with Crippen molar-refractivity contribution in [3.8, 4) is 11.5 Å². The highest BCUT2D eigenvalue weighted by Crippen LogP contribution is 2.32. The number of ketones is 1. The van der Waals surface area contributed by atoms with Crippen LogP contribution in [0.3, 0.4) is 0 Å². The van der Waals surface area contributed by atoms with Crippen molar-refractivity contribution in [3.63, 3.8) is 0 Å². The molecule has 1 aromatic carbocycles. The average Bonchev–Trinajstić information content (AvgIpc) is 2.76. The smallest absolute Gasteiger partial charge is 0.309 e. The molecular weight excluding hydrogens is 441 g/mol. The summed E-state index contributed by atoms with van der Waals surface area (Å²) in [6, 6.07) is 5.99. The molecule has 0 fully saturated rings. The highest BCUT2D eigenvalue weighted by molar-refractivity contribution is 6.00. The monoisotopic (exact) mass is 473 g/mol. The summed E-state index contributed by atoms with van der Waals surface area (Å²) in [4.78, 5) is 41.8. The molecule has 2 rings (SSSR count). The molecular formula is C26H32FNO6. The Morgan fingerprint density at radius 1 is 1.09 bits per heavy atom. The van der Waals surface area contributed by atoms with E-state index < -0.39 is 29.7 Å². The number of aromatic nitrogens is 1. The Morgan fingerprint density at radius 2 is 1.76 bits per heavy atom. The number of carbonyl (C=O) groups excluding carboxylic acids is 3. The van der Waals surface area contributed by atoms with E-state index in [4.69, 9.17) is 14.2 Å². The van der Waals surface area contributed by atoms with Crippen LogP contribution in [0.2, 0.25) is 0 Å². The predicted octanol–water partition coefficient (Wildman–Crippen LogP) is 5.04. The Kier molecular flexibility index (Phi) is 9.29. The van der Waals surface area contributed by atoms with Crippen molar-refractivity contribution in [2.24, 2.45) is 11.8 Å².